The molecule has 2 amide bonds. The van der Waals surface area contributed by atoms with Gasteiger partial charge in [0.25, 0.3) is 5.91 Å². The van der Waals surface area contributed by atoms with Crippen LogP contribution in [0.3, 0.4) is 0 Å². The first-order valence-corrected chi connectivity index (χ1v) is 10.1. The summed E-state index contributed by atoms with van der Waals surface area (Å²) < 4.78 is 7.01. The highest BCUT2D eigenvalue weighted by molar-refractivity contribution is 5.93. The number of nitrogens with zero attached hydrogens (tertiary/aromatic N) is 2. The second kappa shape index (κ2) is 8.87. The number of carbonyl (C=O) groups excluding carboxylic acids is 2. The standard InChI is InChI=1S/C24H24N4O3/c1-16-7-5-9-18(17(16)2)27-23(29)15-28-20-10-4-3-8-19(20)26-22(28)12-13-25-24(30)21-11-6-14-31-21/h3-11,14H,12-13,15H2,1-2H3,(H,25,30)(H,27,29). The Morgan fingerprint density at radius 3 is 2.68 bits per heavy atom. The van der Waals surface area contributed by atoms with Crippen LogP contribution in [-0.2, 0) is 17.8 Å². The Morgan fingerprint density at radius 1 is 1.03 bits per heavy atom. The van der Waals surface area contributed by atoms with Gasteiger partial charge in [0.15, 0.2) is 5.76 Å². The summed E-state index contributed by atoms with van der Waals surface area (Å²) in [6.45, 7) is 4.52. The van der Waals surface area contributed by atoms with Crippen LogP contribution in [0.25, 0.3) is 11.0 Å². The summed E-state index contributed by atoms with van der Waals surface area (Å²) in [6, 6.07) is 16.8. The zero-order valence-electron chi connectivity index (χ0n) is 17.5. The maximum absolute atomic E-state index is 12.8. The number of benzene rings is 2. The van der Waals surface area contributed by atoms with Gasteiger partial charge in [-0.05, 0) is 55.3 Å². The number of amides is 2. The molecule has 7 nitrogen and oxygen atoms in total. The monoisotopic (exact) mass is 416 g/mol. The molecule has 0 bridgehead atoms. The van der Waals surface area contributed by atoms with E-state index in [1.54, 1.807) is 12.1 Å². The minimum absolute atomic E-state index is 0.127. The molecular formula is C24H24N4O3. The number of para-hydroxylation sites is 2. The quantitative estimate of drug-likeness (QED) is 0.479. The van der Waals surface area contributed by atoms with Gasteiger partial charge >= 0.3 is 0 Å². The van der Waals surface area contributed by atoms with Gasteiger partial charge in [-0.25, -0.2) is 4.98 Å². The van der Waals surface area contributed by atoms with Gasteiger partial charge in [0, 0.05) is 18.7 Å². The van der Waals surface area contributed by atoms with Gasteiger partial charge < -0.3 is 19.6 Å². The maximum Gasteiger partial charge on any atom is 0.286 e. The summed E-state index contributed by atoms with van der Waals surface area (Å²) >= 11 is 0. The van der Waals surface area contributed by atoms with Gasteiger partial charge in [-0.1, -0.05) is 24.3 Å². The normalized spacial score (nSPS) is 10.9. The molecule has 0 aliphatic heterocycles. The van der Waals surface area contributed by atoms with Crippen molar-refractivity contribution in [2.24, 2.45) is 0 Å². The number of furan rings is 1. The summed E-state index contributed by atoms with van der Waals surface area (Å²) in [5.41, 5.74) is 4.67. The van der Waals surface area contributed by atoms with Crippen molar-refractivity contribution in [2.45, 2.75) is 26.8 Å². The number of aryl methyl sites for hydroxylation is 1. The molecule has 2 aromatic heterocycles. The van der Waals surface area contributed by atoms with E-state index in [-0.39, 0.29) is 24.1 Å². The number of hydrogen-bond acceptors (Lipinski definition) is 4. The van der Waals surface area contributed by atoms with Crippen LogP contribution in [0.1, 0.15) is 27.5 Å². The van der Waals surface area contributed by atoms with E-state index in [0.717, 1.165) is 33.7 Å². The Hall–Kier alpha value is -3.87. The fourth-order valence-corrected chi connectivity index (χ4v) is 3.50. The number of imidazole rings is 1. The maximum atomic E-state index is 12.8. The Labute approximate surface area is 180 Å². The van der Waals surface area contributed by atoms with Crippen LogP contribution in [-0.4, -0.2) is 27.9 Å². The second-order valence-electron chi connectivity index (χ2n) is 7.38. The third kappa shape index (κ3) is 4.50. The zero-order chi connectivity index (χ0) is 21.8. The highest BCUT2D eigenvalue weighted by atomic mass is 16.3. The van der Waals surface area contributed by atoms with Crippen LogP contribution >= 0.6 is 0 Å². The van der Waals surface area contributed by atoms with Crippen LogP contribution in [0.15, 0.2) is 65.3 Å². The van der Waals surface area contributed by atoms with Gasteiger partial charge in [-0.15, -0.1) is 0 Å². The molecule has 0 saturated heterocycles. The molecule has 2 aromatic carbocycles. The smallest absolute Gasteiger partial charge is 0.286 e. The third-order valence-corrected chi connectivity index (χ3v) is 5.29. The fourth-order valence-electron chi connectivity index (χ4n) is 3.50. The molecule has 0 fully saturated rings. The van der Waals surface area contributed by atoms with E-state index in [1.165, 1.54) is 6.26 Å². The van der Waals surface area contributed by atoms with Crippen LogP contribution in [0.2, 0.25) is 0 Å². The van der Waals surface area contributed by atoms with Crippen molar-refractivity contribution < 1.29 is 14.0 Å². The Morgan fingerprint density at radius 2 is 1.87 bits per heavy atom. The summed E-state index contributed by atoms with van der Waals surface area (Å²) in [6.07, 6.45) is 1.95. The molecule has 2 heterocycles. The second-order valence-corrected chi connectivity index (χ2v) is 7.38. The largest absolute Gasteiger partial charge is 0.459 e. The van der Waals surface area contributed by atoms with E-state index in [9.17, 15) is 9.59 Å². The number of nitrogens with one attached hydrogen (secondary N) is 2. The van der Waals surface area contributed by atoms with Crippen molar-refractivity contribution in [3.63, 3.8) is 0 Å². The third-order valence-electron chi connectivity index (χ3n) is 5.29. The van der Waals surface area contributed by atoms with E-state index in [0.29, 0.717) is 13.0 Å². The van der Waals surface area contributed by atoms with Crippen molar-refractivity contribution in [2.75, 3.05) is 11.9 Å². The first-order chi connectivity index (χ1) is 15.0. The number of aromatic nitrogens is 2. The predicted octanol–water partition coefficient (Wildman–Crippen LogP) is 3.86. The van der Waals surface area contributed by atoms with E-state index in [1.807, 2.05) is 60.9 Å². The molecule has 2 N–H and O–H groups in total. The minimum atomic E-state index is -0.277. The number of carbonyl (C=O) groups is 2. The molecule has 0 radical (unpaired) electrons. The Balaban J connectivity index is 1.50. The lowest BCUT2D eigenvalue weighted by Crippen LogP contribution is -2.27. The van der Waals surface area contributed by atoms with Crippen molar-refractivity contribution >= 4 is 28.5 Å². The van der Waals surface area contributed by atoms with Gasteiger partial charge in [-0.3, -0.25) is 9.59 Å². The van der Waals surface area contributed by atoms with Crippen LogP contribution in [0.4, 0.5) is 5.69 Å². The summed E-state index contributed by atoms with van der Waals surface area (Å²) in [5.74, 6) is 0.594. The van der Waals surface area contributed by atoms with Crippen LogP contribution in [0.5, 0.6) is 0 Å². The Bertz CT molecular complexity index is 1230. The summed E-state index contributed by atoms with van der Waals surface area (Å²) in [5, 5.41) is 5.83. The number of rotatable bonds is 7. The van der Waals surface area contributed by atoms with E-state index < -0.39 is 0 Å². The highest BCUT2D eigenvalue weighted by Gasteiger charge is 2.15. The van der Waals surface area contributed by atoms with Crippen molar-refractivity contribution in [1.29, 1.82) is 0 Å². The average molecular weight is 416 g/mol. The summed E-state index contributed by atoms with van der Waals surface area (Å²) in [4.78, 5) is 29.6. The van der Waals surface area contributed by atoms with Crippen molar-refractivity contribution in [3.05, 3.63) is 83.6 Å². The molecule has 7 heteroatoms. The zero-order valence-corrected chi connectivity index (χ0v) is 17.5. The number of hydrogen-bond donors (Lipinski definition) is 2. The minimum Gasteiger partial charge on any atom is -0.459 e. The molecular weight excluding hydrogens is 392 g/mol. The van der Waals surface area contributed by atoms with Gasteiger partial charge in [0.1, 0.15) is 12.4 Å². The molecule has 0 aliphatic carbocycles. The molecule has 4 rings (SSSR count). The molecule has 0 aliphatic rings. The SMILES string of the molecule is Cc1cccc(NC(=O)Cn2c(CCNC(=O)c3ccco3)nc3ccccc32)c1C. The topological polar surface area (TPSA) is 89.2 Å². The highest BCUT2D eigenvalue weighted by Crippen LogP contribution is 2.20. The first kappa shape index (κ1) is 20.4. The Kier molecular flexibility index (Phi) is 5.84. The van der Waals surface area contributed by atoms with Crippen LogP contribution < -0.4 is 10.6 Å². The lowest BCUT2D eigenvalue weighted by atomic mass is 10.1. The van der Waals surface area contributed by atoms with E-state index in [4.69, 9.17) is 4.42 Å². The van der Waals surface area contributed by atoms with Crippen molar-refractivity contribution in [1.82, 2.24) is 14.9 Å². The van der Waals surface area contributed by atoms with E-state index in [2.05, 4.69) is 15.6 Å². The fraction of sp³-hybridized carbons (Fsp3) is 0.208. The van der Waals surface area contributed by atoms with Gasteiger partial charge in [0.05, 0.1) is 17.3 Å². The van der Waals surface area contributed by atoms with E-state index >= 15 is 0 Å². The predicted molar refractivity (Wildman–Crippen MR) is 119 cm³/mol. The van der Waals surface area contributed by atoms with Gasteiger partial charge in [0.2, 0.25) is 5.91 Å². The molecule has 4 aromatic rings. The molecule has 0 atom stereocenters. The molecule has 0 spiro atoms. The number of fused-ring (bicyclic) bond motifs is 1. The number of anilines is 1. The molecule has 158 valence electrons. The lowest BCUT2D eigenvalue weighted by molar-refractivity contribution is -0.116. The summed E-state index contributed by atoms with van der Waals surface area (Å²) in [7, 11) is 0. The molecule has 0 saturated carbocycles. The van der Waals surface area contributed by atoms with Crippen molar-refractivity contribution in [3.8, 4) is 0 Å². The van der Waals surface area contributed by atoms with Crippen LogP contribution in [0, 0.1) is 13.8 Å². The van der Waals surface area contributed by atoms with Gasteiger partial charge in [-0.2, -0.15) is 0 Å². The first-order valence-electron chi connectivity index (χ1n) is 10.1. The molecule has 31 heavy (non-hydrogen) atoms. The average Bonchev–Trinajstić information content (AvgIpc) is 3.40. The lowest BCUT2D eigenvalue weighted by Gasteiger charge is -2.13. The molecule has 0 unspecified atom stereocenters.